The Morgan fingerprint density at radius 2 is 2.00 bits per heavy atom. The molecule has 0 aliphatic heterocycles. The van der Waals surface area contributed by atoms with E-state index in [-0.39, 0.29) is 10.7 Å². The molecule has 7 nitrogen and oxygen atoms in total. The van der Waals surface area contributed by atoms with Gasteiger partial charge in [-0.15, -0.1) is 0 Å². The van der Waals surface area contributed by atoms with Crippen LogP contribution in [0.2, 0.25) is 5.02 Å². The van der Waals surface area contributed by atoms with Gasteiger partial charge in [-0.3, -0.25) is 4.79 Å². The van der Waals surface area contributed by atoms with Crippen molar-refractivity contribution in [1.82, 2.24) is 9.88 Å². The van der Waals surface area contributed by atoms with Crippen molar-refractivity contribution in [3.8, 4) is 0 Å². The summed E-state index contributed by atoms with van der Waals surface area (Å²) in [5.41, 5.74) is 0.762. The van der Waals surface area contributed by atoms with E-state index in [0.29, 0.717) is 10.8 Å². The number of anilines is 1. The lowest BCUT2D eigenvalue weighted by Gasteiger charge is -2.13. The molecule has 1 aromatic heterocycles. The number of benzene rings is 1. The average molecular weight is 358 g/mol. The average Bonchev–Trinajstić information content (AvgIpc) is 2.86. The normalized spacial score (nSPS) is 12.9. The van der Waals surface area contributed by atoms with Gasteiger partial charge in [-0.2, -0.15) is 4.72 Å². The van der Waals surface area contributed by atoms with Gasteiger partial charge in [-0.1, -0.05) is 22.8 Å². The number of rotatable bonds is 5. The highest BCUT2D eigenvalue weighted by Gasteiger charge is 2.23. The molecule has 1 atom stereocenters. The number of halogens is 1. The number of nitrogens with zero attached hydrogens (tertiary/aromatic N) is 1. The van der Waals surface area contributed by atoms with Crippen molar-refractivity contribution >= 4 is 33.3 Å². The zero-order valence-electron chi connectivity index (χ0n) is 12.8. The number of carbonyl (C=O) groups is 1. The third-order valence-electron chi connectivity index (χ3n) is 3.06. The molecule has 0 spiro atoms. The van der Waals surface area contributed by atoms with E-state index in [1.54, 1.807) is 19.9 Å². The monoisotopic (exact) mass is 357 g/mol. The van der Waals surface area contributed by atoms with Crippen LogP contribution in [0, 0.1) is 13.8 Å². The molecule has 0 fully saturated rings. The standard InChI is InChI=1S/C14H16ClN3O4S/c1-8-4-5-11(7-12(8)15)23(20,21)18-10(3)14(19)16-13-6-9(2)22-17-13/h4-7,10,18H,1-3H3,(H,16,17,19)/t10-/m0/s1. The zero-order valence-corrected chi connectivity index (χ0v) is 14.3. The Balaban J connectivity index is 2.09. The number of sulfonamides is 1. The van der Waals surface area contributed by atoms with Gasteiger partial charge in [-0.05, 0) is 38.5 Å². The highest BCUT2D eigenvalue weighted by molar-refractivity contribution is 7.89. The molecule has 0 aliphatic carbocycles. The highest BCUT2D eigenvalue weighted by atomic mass is 35.5. The smallest absolute Gasteiger partial charge is 0.243 e. The Labute approximate surface area is 139 Å². The molecular formula is C14H16ClN3O4S. The zero-order chi connectivity index (χ0) is 17.2. The van der Waals surface area contributed by atoms with E-state index < -0.39 is 22.0 Å². The topological polar surface area (TPSA) is 101 Å². The molecule has 124 valence electrons. The SMILES string of the molecule is Cc1cc(NC(=O)[C@H](C)NS(=O)(=O)c2ccc(C)c(Cl)c2)no1. The second-order valence-electron chi connectivity index (χ2n) is 5.07. The van der Waals surface area contributed by atoms with Gasteiger partial charge >= 0.3 is 0 Å². The van der Waals surface area contributed by atoms with Crippen molar-refractivity contribution in [3.63, 3.8) is 0 Å². The predicted octanol–water partition coefficient (Wildman–Crippen LogP) is 2.25. The number of carbonyl (C=O) groups excluding carboxylic acids is 1. The van der Waals surface area contributed by atoms with Gasteiger partial charge in [-0.25, -0.2) is 8.42 Å². The first kappa shape index (κ1) is 17.5. The van der Waals surface area contributed by atoms with Gasteiger partial charge in [0.1, 0.15) is 5.76 Å². The Hall–Kier alpha value is -1.90. The van der Waals surface area contributed by atoms with E-state index in [1.165, 1.54) is 25.1 Å². The van der Waals surface area contributed by atoms with Gasteiger partial charge in [0.25, 0.3) is 0 Å². The third-order valence-corrected chi connectivity index (χ3v) is 5.00. The maximum Gasteiger partial charge on any atom is 0.243 e. The molecule has 23 heavy (non-hydrogen) atoms. The van der Waals surface area contributed by atoms with E-state index >= 15 is 0 Å². The number of hydrogen-bond donors (Lipinski definition) is 2. The fourth-order valence-corrected chi connectivity index (χ4v) is 3.23. The summed E-state index contributed by atoms with van der Waals surface area (Å²) < 4.78 is 31.7. The molecule has 1 amide bonds. The molecule has 1 aromatic carbocycles. The second-order valence-corrected chi connectivity index (χ2v) is 7.19. The van der Waals surface area contributed by atoms with E-state index in [0.717, 1.165) is 5.56 Å². The molecule has 9 heteroatoms. The van der Waals surface area contributed by atoms with Crippen LogP contribution in [0.1, 0.15) is 18.2 Å². The van der Waals surface area contributed by atoms with Gasteiger partial charge in [0.05, 0.1) is 10.9 Å². The third kappa shape index (κ3) is 4.31. The minimum absolute atomic E-state index is 0.00923. The van der Waals surface area contributed by atoms with Gasteiger partial charge < -0.3 is 9.84 Å². The molecular weight excluding hydrogens is 342 g/mol. The van der Waals surface area contributed by atoms with Crippen LogP contribution in [0.5, 0.6) is 0 Å². The Kier molecular flexibility index (Phi) is 5.08. The molecule has 2 aromatic rings. The fourth-order valence-electron chi connectivity index (χ4n) is 1.75. The van der Waals surface area contributed by atoms with E-state index in [2.05, 4.69) is 15.2 Å². The van der Waals surface area contributed by atoms with Gasteiger partial charge in [0, 0.05) is 11.1 Å². The Morgan fingerprint density at radius 3 is 2.57 bits per heavy atom. The summed E-state index contributed by atoms with van der Waals surface area (Å²) in [7, 11) is -3.87. The van der Waals surface area contributed by atoms with E-state index in [4.69, 9.17) is 16.1 Å². The summed E-state index contributed by atoms with van der Waals surface area (Å²) in [6.07, 6.45) is 0. The first-order valence-corrected chi connectivity index (χ1v) is 8.58. The summed E-state index contributed by atoms with van der Waals surface area (Å²) in [6.45, 7) is 4.87. The minimum atomic E-state index is -3.87. The van der Waals surface area contributed by atoms with Crippen LogP contribution < -0.4 is 10.0 Å². The van der Waals surface area contributed by atoms with Crippen molar-refractivity contribution < 1.29 is 17.7 Å². The summed E-state index contributed by atoms with van der Waals surface area (Å²) >= 11 is 5.94. The number of amides is 1. The first-order chi connectivity index (χ1) is 10.7. The van der Waals surface area contributed by atoms with Crippen LogP contribution in [-0.2, 0) is 14.8 Å². The van der Waals surface area contributed by atoms with Crippen LogP contribution >= 0.6 is 11.6 Å². The van der Waals surface area contributed by atoms with Crippen LogP contribution in [0.3, 0.4) is 0 Å². The van der Waals surface area contributed by atoms with Gasteiger partial charge in [0.2, 0.25) is 15.9 Å². The van der Waals surface area contributed by atoms with Crippen LogP contribution in [0.15, 0.2) is 33.7 Å². The highest BCUT2D eigenvalue weighted by Crippen LogP contribution is 2.20. The molecule has 2 rings (SSSR count). The van der Waals surface area contributed by atoms with Crippen LogP contribution in [-0.4, -0.2) is 25.5 Å². The van der Waals surface area contributed by atoms with Crippen molar-refractivity contribution in [2.24, 2.45) is 0 Å². The van der Waals surface area contributed by atoms with Crippen LogP contribution in [0.25, 0.3) is 0 Å². The van der Waals surface area contributed by atoms with Gasteiger partial charge in [0.15, 0.2) is 5.82 Å². The maximum absolute atomic E-state index is 12.3. The molecule has 0 bridgehead atoms. The number of hydrogen-bond acceptors (Lipinski definition) is 5. The minimum Gasteiger partial charge on any atom is -0.360 e. The second kappa shape index (κ2) is 6.69. The Bertz CT molecular complexity index is 832. The lowest BCUT2D eigenvalue weighted by atomic mass is 10.2. The maximum atomic E-state index is 12.3. The fraction of sp³-hybridized carbons (Fsp3) is 0.286. The van der Waals surface area contributed by atoms with E-state index in [9.17, 15) is 13.2 Å². The van der Waals surface area contributed by atoms with Crippen molar-refractivity contribution in [2.45, 2.75) is 31.7 Å². The summed E-state index contributed by atoms with van der Waals surface area (Å²) in [6, 6.07) is 4.88. The number of aryl methyl sites for hydroxylation is 2. The lowest BCUT2D eigenvalue weighted by Crippen LogP contribution is -2.41. The summed E-state index contributed by atoms with van der Waals surface area (Å²) in [5.74, 6) is 0.194. The predicted molar refractivity (Wildman–Crippen MR) is 85.8 cm³/mol. The quantitative estimate of drug-likeness (QED) is 0.854. The lowest BCUT2D eigenvalue weighted by molar-refractivity contribution is -0.117. The molecule has 2 N–H and O–H groups in total. The first-order valence-electron chi connectivity index (χ1n) is 6.72. The molecule has 0 saturated carbocycles. The van der Waals surface area contributed by atoms with Crippen molar-refractivity contribution in [3.05, 3.63) is 40.6 Å². The Morgan fingerprint density at radius 1 is 1.30 bits per heavy atom. The van der Waals surface area contributed by atoms with Crippen molar-refractivity contribution in [1.29, 1.82) is 0 Å². The largest absolute Gasteiger partial charge is 0.360 e. The molecule has 0 aliphatic rings. The number of nitrogens with one attached hydrogen (secondary N) is 2. The molecule has 0 unspecified atom stereocenters. The molecule has 0 saturated heterocycles. The molecule has 0 radical (unpaired) electrons. The van der Waals surface area contributed by atoms with Crippen molar-refractivity contribution in [2.75, 3.05) is 5.32 Å². The number of aromatic nitrogens is 1. The summed E-state index contributed by atoms with van der Waals surface area (Å²) in [5, 5.41) is 6.41. The van der Waals surface area contributed by atoms with Crippen LogP contribution in [0.4, 0.5) is 5.82 Å². The summed E-state index contributed by atoms with van der Waals surface area (Å²) in [4.78, 5) is 12.0. The van der Waals surface area contributed by atoms with E-state index in [1.807, 2.05) is 0 Å². The molecule has 1 heterocycles.